The zero-order valence-corrected chi connectivity index (χ0v) is 15.7. The van der Waals surface area contributed by atoms with Gasteiger partial charge in [0.1, 0.15) is 0 Å². The lowest BCUT2D eigenvalue weighted by molar-refractivity contribution is -0.136. The second kappa shape index (κ2) is 7.22. The number of aromatic nitrogens is 2. The van der Waals surface area contributed by atoms with Crippen LogP contribution < -0.4 is 0 Å². The Morgan fingerprint density at radius 2 is 2.16 bits per heavy atom. The van der Waals surface area contributed by atoms with Gasteiger partial charge < -0.3 is 9.42 Å². The summed E-state index contributed by atoms with van der Waals surface area (Å²) >= 11 is 1.52. The van der Waals surface area contributed by atoms with Crippen molar-refractivity contribution < 1.29 is 17.7 Å². The maximum Gasteiger partial charge on any atom is 0.246 e. The highest BCUT2D eigenvalue weighted by Gasteiger charge is 2.30. The van der Waals surface area contributed by atoms with Crippen LogP contribution in [0.15, 0.2) is 22.0 Å². The summed E-state index contributed by atoms with van der Waals surface area (Å²) < 4.78 is 29.7. The van der Waals surface area contributed by atoms with Gasteiger partial charge in [0.25, 0.3) is 0 Å². The highest BCUT2D eigenvalue weighted by atomic mass is 32.2. The van der Waals surface area contributed by atoms with E-state index in [1.54, 1.807) is 11.9 Å². The van der Waals surface area contributed by atoms with Gasteiger partial charge in [-0.15, -0.1) is 11.3 Å². The van der Waals surface area contributed by atoms with E-state index < -0.39 is 10.0 Å². The molecule has 1 amide bonds. The second-order valence-corrected chi connectivity index (χ2v) is 9.05. The van der Waals surface area contributed by atoms with Crippen LogP contribution in [0, 0.1) is 5.92 Å². The predicted molar refractivity (Wildman–Crippen MR) is 93.2 cm³/mol. The number of piperidine rings is 1. The van der Waals surface area contributed by atoms with Crippen molar-refractivity contribution >= 4 is 27.3 Å². The Balaban J connectivity index is 1.57. The molecule has 0 aromatic carbocycles. The number of hydrogen-bond acceptors (Lipinski definition) is 7. The van der Waals surface area contributed by atoms with Crippen LogP contribution in [0.1, 0.15) is 18.7 Å². The Kier molecular flexibility index (Phi) is 5.21. The van der Waals surface area contributed by atoms with Gasteiger partial charge in [-0.2, -0.15) is 4.98 Å². The third-order valence-corrected chi connectivity index (χ3v) is 6.40. The Morgan fingerprint density at radius 1 is 1.44 bits per heavy atom. The molecule has 8 nitrogen and oxygen atoms in total. The smallest absolute Gasteiger partial charge is 0.246 e. The van der Waals surface area contributed by atoms with Gasteiger partial charge in [0.2, 0.25) is 27.6 Å². The topological polar surface area (TPSA) is 96.6 Å². The third kappa shape index (κ3) is 4.25. The van der Waals surface area contributed by atoms with E-state index >= 15 is 0 Å². The third-order valence-electron chi connectivity index (χ3n) is 4.23. The van der Waals surface area contributed by atoms with Gasteiger partial charge in [0.15, 0.2) is 0 Å². The van der Waals surface area contributed by atoms with Crippen molar-refractivity contribution in [1.82, 2.24) is 19.3 Å². The average Bonchev–Trinajstić information content (AvgIpc) is 3.24. The summed E-state index contributed by atoms with van der Waals surface area (Å²) in [6, 6.07) is 3.82. The molecule has 0 N–H and O–H groups in total. The molecule has 0 spiro atoms. The van der Waals surface area contributed by atoms with Crippen LogP contribution in [0.3, 0.4) is 0 Å². The summed E-state index contributed by atoms with van der Waals surface area (Å²) in [6.07, 6.45) is 2.25. The Hall–Kier alpha value is -1.78. The number of nitrogens with zero attached hydrogens (tertiary/aromatic N) is 4. The fourth-order valence-electron chi connectivity index (χ4n) is 2.85. The van der Waals surface area contributed by atoms with E-state index in [0.29, 0.717) is 37.6 Å². The molecule has 0 bridgehead atoms. The second-order valence-electron chi connectivity index (χ2n) is 6.12. The molecule has 3 heterocycles. The van der Waals surface area contributed by atoms with Gasteiger partial charge in [-0.3, -0.25) is 4.79 Å². The molecular weight excluding hydrogens is 364 g/mol. The molecule has 3 rings (SSSR count). The standard InChI is InChI=1S/C15H20N4O4S2/c1-18(10-13-16-14(17-23-13)12-4-3-9-24-12)15(20)11-5-7-19(8-6-11)25(2,21)22/h3-4,9,11H,5-8,10H2,1-2H3. The maximum absolute atomic E-state index is 12.6. The fraction of sp³-hybridized carbons (Fsp3) is 0.533. The highest BCUT2D eigenvalue weighted by molar-refractivity contribution is 7.88. The molecule has 2 aromatic heterocycles. The van der Waals surface area contributed by atoms with Crippen molar-refractivity contribution in [3.63, 3.8) is 0 Å². The first-order valence-electron chi connectivity index (χ1n) is 7.91. The summed E-state index contributed by atoms with van der Waals surface area (Å²) in [5.41, 5.74) is 0. The Bertz CT molecular complexity index is 824. The Morgan fingerprint density at radius 3 is 2.76 bits per heavy atom. The molecule has 1 aliphatic heterocycles. The van der Waals surface area contributed by atoms with Crippen LogP contribution in [-0.4, -0.2) is 60.1 Å². The molecule has 136 valence electrons. The lowest BCUT2D eigenvalue weighted by atomic mass is 9.97. The molecule has 1 fully saturated rings. The number of carbonyl (C=O) groups is 1. The molecule has 1 aliphatic rings. The molecule has 0 atom stereocenters. The van der Waals surface area contributed by atoms with Gasteiger partial charge >= 0.3 is 0 Å². The first-order chi connectivity index (χ1) is 11.8. The number of carbonyl (C=O) groups excluding carboxylic acids is 1. The minimum Gasteiger partial charge on any atom is -0.337 e. The summed E-state index contributed by atoms with van der Waals surface area (Å²) in [5.74, 6) is 0.701. The number of amides is 1. The van der Waals surface area contributed by atoms with E-state index in [1.807, 2.05) is 17.5 Å². The number of thiophene rings is 1. The SMILES string of the molecule is CN(Cc1nc(-c2cccs2)no1)C(=O)C1CCN(S(C)(=O)=O)CC1. The van der Waals surface area contributed by atoms with Crippen LogP contribution in [-0.2, 0) is 21.4 Å². The molecule has 1 saturated heterocycles. The molecule has 10 heteroatoms. The summed E-state index contributed by atoms with van der Waals surface area (Å²) in [5, 5.41) is 5.87. The van der Waals surface area contributed by atoms with Crippen LogP contribution in [0.5, 0.6) is 0 Å². The highest BCUT2D eigenvalue weighted by Crippen LogP contribution is 2.23. The minimum absolute atomic E-state index is 0.0241. The number of hydrogen-bond donors (Lipinski definition) is 0. The zero-order chi connectivity index (χ0) is 18.0. The van der Waals surface area contributed by atoms with Crippen LogP contribution in [0.25, 0.3) is 10.7 Å². The lowest BCUT2D eigenvalue weighted by Gasteiger charge is -2.31. The Labute approximate surface area is 150 Å². The van der Waals surface area contributed by atoms with E-state index in [9.17, 15) is 13.2 Å². The molecule has 0 saturated carbocycles. The van der Waals surface area contributed by atoms with Crippen molar-refractivity contribution in [1.29, 1.82) is 0 Å². The van der Waals surface area contributed by atoms with E-state index in [0.717, 1.165) is 4.88 Å². The molecular formula is C15H20N4O4S2. The average molecular weight is 384 g/mol. The molecule has 0 radical (unpaired) electrons. The van der Waals surface area contributed by atoms with Crippen LogP contribution in [0.4, 0.5) is 0 Å². The van der Waals surface area contributed by atoms with E-state index in [2.05, 4.69) is 10.1 Å². The van der Waals surface area contributed by atoms with Gasteiger partial charge in [-0.05, 0) is 24.3 Å². The van der Waals surface area contributed by atoms with Crippen molar-refractivity contribution in [3.8, 4) is 10.7 Å². The molecule has 0 unspecified atom stereocenters. The summed E-state index contributed by atoms with van der Waals surface area (Å²) in [4.78, 5) is 19.4. The first kappa shape index (κ1) is 18.0. The quantitative estimate of drug-likeness (QED) is 0.774. The molecule has 0 aliphatic carbocycles. The number of sulfonamides is 1. The van der Waals surface area contributed by atoms with Crippen molar-refractivity contribution in [2.75, 3.05) is 26.4 Å². The predicted octanol–water partition coefficient (Wildman–Crippen LogP) is 1.43. The zero-order valence-electron chi connectivity index (χ0n) is 14.1. The van der Waals surface area contributed by atoms with E-state index in [4.69, 9.17) is 4.52 Å². The van der Waals surface area contributed by atoms with Crippen LogP contribution in [0.2, 0.25) is 0 Å². The lowest BCUT2D eigenvalue weighted by Crippen LogP contribution is -2.42. The van der Waals surface area contributed by atoms with Gasteiger partial charge in [-0.25, -0.2) is 12.7 Å². The largest absolute Gasteiger partial charge is 0.337 e. The van der Waals surface area contributed by atoms with E-state index in [1.165, 1.54) is 21.9 Å². The number of rotatable bonds is 5. The summed E-state index contributed by atoms with van der Waals surface area (Å²) in [7, 11) is -1.49. The summed E-state index contributed by atoms with van der Waals surface area (Å²) in [6.45, 7) is 1.00. The van der Waals surface area contributed by atoms with Gasteiger partial charge in [-0.1, -0.05) is 11.2 Å². The van der Waals surface area contributed by atoms with Crippen molar-refractivity contribution in [3.05, 3.63) is 23.4 Å². The normalized spacial score (nSPS) is 16.9. The van der Waals surface area contributed by atoms with Crippen molar-refractivity contribution in [2.45, 2.75) is 19.4 Å². The van der Waals surface area contributed by atoms with Crippen LogP contribution >= 0.6 is 11.3 Å². The van der Waals surface area contributed by atoms with E-state index in [-0.39, 0.29) is 18.4 Å². The maximum atomic E-state index is 12.6. The molecule has 2 aromatic rings. The first-order valence-corrected chi connectivity index (χ1v) is 10.6. The molecule has 25 heavy (non-hydrogen) atoms. The fourth-order valence-corrected chi connectivity index (χ4v) is 4.38. The monoisotopic (exact) mass is 384 g/mol. The van der Waals surface area contributed by atoms with Gasteiger partial charge in [0.05, 0.1) is 17.7 Å². The minimum atomic E-state index is -3.19. The van der Waals surface area contributed by atoms with Crippen molar-refractivity contribution in [2.24, 2.45) is 5.92 Å². The van der Waals surface area contributed by atoms with Gasteiger partial charge in [0, 0.05) is 26.1 Å².